The molecule has 0 bridgehead atoms. The Bertz CT molecular complexity index is 803. The predicted octanol–water partition coefficient (Wildman–Crippen LogP) is 3.38. The molecule has 3 amide bonds. The maximum Gasteiger partial charge on any atom is 0.319 e. The van der Waals surface area contributed by atoms with Crippen LogP contribution in [0.15, 0.2) is 24.3 Å². The van der Waals surface area contributed by atoms with E-state index in [2.05, 4.69) is 34.5 Å². The molecule has 32 heavy (non-hydrogen) atoms. The molecular weight excluding hydrogens is 402 g/mol. The fourth-order valence-electron chi connectivity index (χ4n) is 5.36. The number of carbonyl (C=O) groups excluding carboxylic acids is 2. The molecule has 176 valence electrons. The first-order valence-electron chi connectivity index (χ1n) is 12.3. The number of likely N-dealkylation sites (tertiary alicyclic amines) is 1. The molecule has 4 rings (SSSR count). The van der Waals surface area contributed by atoms with E-state index in [4.69, 9.17) is 0 Å². The second-order valence-corrected chi connectivity index (χ2v) is 9.99. The summed E-state index contributed by atoms with van der Waals surface area (Å²) >= 11 is 0. The van der Waals surface area contributed by atoms with Crippen molar-refractivity contribution in [1.82, 2.24) is 20.0 Å². The molecule has 0 spiro atoms. The van der Waals surface area contributed by atoms with Gasteiger partial charge in [-0.2, -0.15) is 0 Å². The summed E-state index contributed by atoms with van der Waals surface area (Å²) < 4.78 is 0. The van der Waals surface area contributed by atoms with Crippen LogP contribution in [0.3, 0.4) is 0 Å². The van der Waals surface area contributed by atoms with Crippen molar-refractivity contribution in [1.29, 1.82) is 0 Å². The Labute approximate surface area is 192 Å². The standard InChI is InChI=1S/C25H39N5O2/c1-28-15-13-21(14-16-28)29(2)22-9-4-5-10-23(22)30(3)24(31)18-7-6-8-20(17-18)27-25(32)26-19-11-12-19/h6-8,17,19,21-23H,4-5,9-16H2,1-3H3,(H2,26,27,32). The van der Waals surface area contributed by atoms with Crippen LogP contribution >= 0.6 is 0 Å². The van der Waals surface area contributed by atoms with Crippen molar-refractivity contribution in [3.63, 3.8) is 0 Å². The third kappa shape index (κ3) is 5.62. The summed E-state index contributed by atoms with van der Waals surface area (Å²) in [7, 11) is 6.42. The zero-order chi connectivity index (χ0) is 22.7. The van der Waals surface area contributed by atoms with Crippen LogP contribution in [0.4, 0.5) is 10.5 Å². The molecule has 1 aliphatic heterocycles. The van der Waals surface area contributed by atoms with E-state index in [1.807, 2.05) is 30.1 Å². The van der Waals surface area contributed by atoms with Crippen molar-refractivity contribution < 1.29 is 9.59 Å². The minimum Gasteiger partial charge on any atom is -0.337 e. The van der Waals surface area contributed by atoms with Crippen molar-refractivity contribution in [3.05, 3.63) is 29.8 Å². The molecule has 2 atom stereocenters. The van der Waals surface area contributed by atoms with E-state index in [0.29, 0.717) is 29.4 Å². The number of carbonyl (C=O) groups is 2. The smallest absolute Gasteiger partial charge is 0.319 e. The molecule has 2 saturated carbocycles. The molecule has 1 aromatic rings. The van der Waals surface area contributed by atoms with Gasteiger partial charge in [0.2, 0.25) is 0 Å². The van der Waals surface area contributed by atoms with Crippen LogP contribution in [0.1, 0.15) is 61.7 Å². The number of likely N-dealkylation sites (N-methyl/N-ethyl adjacent to an activating group) is 2. The van der Waals surface area contributed by atoms with E-state index in [1.165, 1.54) is 25.7 Å². The van der Waals surface area contributed by atoms with Crippen LogP contribution in [0.5, 0.6) is 0 Å². The van der Waals surface area contributed by atoms with Gasteiger partial charge in [-0.25, -0.2) is 4.79 Å². The Morgan fingerprint density at radius 2 is 1.66 bits per heavy atom. The van der Waals surface area contributed by atoms with Gasteiger partial charge in [-0.15, -0.1) is 0 Å². The molecule has 1 aromatic carbocycles. The number of hydrogen-bond donors (Lipinski definition) is 2. The van der Waals surface area contributed by atoms with Crippen LogP contribution in [-0.2, 0) is 0 Å². The Kier molecular flexibility index (Phi) is 7.36. The second kappa shape index (κ2) is 10.2. The highest BCUT2D eigenvalue weighted by molar-refractivity contribution is 5.97. The largest absolute Gasteiger partial charge is 0.337 e. The van der Waals surface area contributed by atoms with Crippen LogP contribution < -0.4 is 10.6 Å². The first-order valence-corrected chi connectivity index (χ1v) is 12.3. The fraction of sp³-hybridized carbons (Fsp3) is 0.680. The molecule has 7 nitrogen and oxygen atoms in total. The number of nitrogens with zero attached hydrogens (tertiary/aromatic N) is 3. The Morgan fingerprint density at radius 3 is 2.34 bits per heavy atom. The Balaban J connectivity index is 1.42. The van der Waals surface area contributed by atoms with Crippen molar-refractivity contribution in [2.75, 3.05) is 39.5 Å². The number of piperidine rings is 1. The van der Waals surface area contributed by atoms with Gasteiger partial charge in [0.05, 0.1) is 0 Å². The summed E-state index contributed by atoms with van der Waals surface area (Å²) in [6.07, 6.45) is 9.09. The monoisotopic (exact) mass is 441 g/mol. The lowest BCUT2D eigenvalue weighted by molar-refractivity contribution is 0.0278. The van der Waals surface area contributed by atoms with Gasteiger partial charge in [-0.1, -0.05) is 18.9 Å². The summed E-state index contributed by atoms with van der Waals surface area (Å²) in [5, 5.41) is 5.79. The van der Waals surface area contributed by atoms with Gasteiger partial charge in [0.15, 0.2) is 0 Å². The molecule has 2 unspecified atom stereocenters. The van der Waals surface area contributed by atoms with Gasteiger partial charge < -0.3 is 20.4 Å². The van der Waals surface area contributed by atoms with E-state index in [1.54, 1.807) is 6.07 Å². The predicted molar refractivity (Wildman–Crippen MR) is 128 cm³/mol. The molecular formula is C25H39N5O2. The summed E-state index contributed by atoms with van der Waals surface area (Å²) in [4.78, 5) is 32.5. The van der Waals surface area contributed by atoms with Crippen LogP contribution in [0, 0.1) is 0 Å². The maximum absolute atomic E-state index is 13.4. The van der Waals surface area contributed by atoms with Crippen molar-refractivity contribution in [2.24, 2.45) is 0 Å². The molecule has 3 aliphatic rings. The summed E-state index contributed by atoms with van der Waals surface area (Å²) in [6, 6.07) is 8.64. The molecule has 0 radical (unpaired) electrons. The van der Waals surface area contributed by atoms with Crippen LogP contribution in [-0.4, -0.2) is 85.0 Å². The lowest BCUT2D eigenvalue weighted by Crippen LogP contribution is -2.56. The summed E-state index contributed by atoms with van der Waals surface area (Å²) in [5.41, 5.74) is 1.29. The maximum atomic E-state index is 13.4. The third-order valence-electron chi connectivity index (χ3n) is 7.58. The molecule has 0 aromatic heterocycles. The topological polar surface area (TPSA) is 67.9 Å². The van der Waals surface area contributed by atoms with E-state index < -0.39 is 0 Å². The molecule has 1 heterocycles. The molecule has 3 fully saturated rings. The molecule has 7 heteroatoms. The molecule has 1 saturated heterocycles. The summed E-state index contributed by atoms with van der Waals surface area (Å²) in [5.74, 6) is 0.0323. The van der Waals surface area contributed by atoms with Gasteiger partial charge in [0, 0.05) is 42.5 Å². The average Bonchev–Trinajstić information content (AvgIpc) is 3.62. The first-order chi connectivity index (χ1) is 15.4. The lowest BCUT2D eigenvalue weighted by atomic mass is 9.86. The summed E-state index contributed by atoms with van der Waals surface area (Å²) in [6.45, 7) is 2.30. The van der Waals surface area contributed by atoms with Crippen molar-refractivity contribution >= 4 is 17.6 Å². The first kappa shape index (κ1) is 23.1. The van der Waals surface area contributed by atoms with Gasteiger partial charge in [0.1, 0.15) is 0 Å². The van der Waals surface area contributed by atoms with Gasteiger partial charge in [-0.3, -0.25) is 9.69 Å². The van der Waals surface area contributed by atoms with Crippen LogP contribution in [0.25, 0.3) is 0 Å². The number of nitrogens with one attached hydrogen (secondary N) is 2. The Morgan fingerprint density at radius 1 is 0.969 bits per heavy atom. The lowest BCUT2D eigenvalue weighted by Gasteiger charge is -2.46. The van der Waals surface area contributed by atoms with Crippen molar-refractivity contribution in [3.8, 4) is 0 Å². The van der Waals surface area contributed by atoms with E-state index in [0.717, 1.165) is 38.8 Å². The highest BCUT2D eigenvalue weighted by Gasteiger charge is 2.36. The fourth-order valence-corrected chi connectivity index (χ4v) is 5.36. The van der Waals surface area contributed by atoms with Crippen LogP contribution in [0.2, 0.25) is 0 Å². The second-order valence-electron chi connectivity index (χ2n) is 9.99. The number of rotatable bonds is 6. The number of anilines is 1. The van der Waals surface area contributed by atoms with E-state index in [9.17, 15) is 9.59 Å². The SMILES string of the molecule is CN1CCC(N(C)C2CCCCC2N(C)C(=O)c2cccc(NC(=O)NC3CC3)c2)CC1. The Hall–Kier alpha value is -2.12. The van der Waals surface area contributed by atoms with Gasteiger partial charge >= 0.3 is 6.03 Å². The van der Waals surface area contributed by atoms with E-state index >= 15 is 0 Å². The zero-order valence-electron chi connectivity index (χ0n) is 19.8. The average molecular weight is 442 g/mol. The molecule has 2 aliphatic carbocycles. The number of amides is 3. The number of benzene rings is 1. The number of hydrogen-bond acceptors (Lipinski definition) is 4. The normalized spacial score (nSPS) is 24.9. The highest BCUT2D eigenvalue weighted by atomic mass is 16.2. The van der Waals surface area contributed by atoms with E-state index in [-0.39, 0.29) is 18.0 Å². The molecule has 2 N–H and O–H groups in total. The van der Waals surface area contributed by atoms with Gasteiger partial charge in [0.25, 0.3) is 5.91 Å². The van der Waals surface area contributed by atoms with Crippen molar-refractivity contribution in [2.45, 2.75) is 75.5 Å². The quantitative estimate of drug-likeness (QED) is 0.710. The third-order valence-corrected chi connectivity index (χ3v) is 7.58. The van der Waals surface area contributed by atoms with Gasteiger partial charge in [-0.05, 0) is 83.9 Å². The minimum atomic E-state index is -0.197. The zero-order valence-corrected chi connectivity index (χ0v) is 19.8. The minimum absolute atomic E-state index is 0.0323. The highest BCUT2D eigenvalue weighted by Crippen LogP contribution is 2.30. The number of urea groups is 1.